The van der Waals surface area contributed by atoms with Crippen LogP contribution in [0.2, 0.25) is 10.0 Å². The van der Waals surface area contributed by atoms with Crippen LogP contribution in [0.1, 0.15) is 18.5 Å². The van der Waals surface area contributed by atoms with Crippen LogP contribution in [-0.4, -0.2) is 12.8 Å². The van der Waals surface area contributed by atoms with E-state index in [0.717, 1.165) is 6.07 Å². The average molecular weight is 306 g/mol. The lowest BCUT2D eigenvalue weighted by Crippen LogP contribution is -2.27. The van der Waals surface area contributed by atoms with Crippen molar-refractivity contribution in [2.45, 2.75) is 19.1 Å². The fraction of sp³-hybridized carbons (Fsp3) is 0.400. The zero-order valence-corrected chi connectivity index (χ0v) is 10.6. The quantitative estimate of drug-likeness (QED) is 0.509. The first-order valence-electron chi connectivity index (χ1n) is 4.80. The van der Waals surface area contributed by atoms with Crippen LogP contribution in [0.25, 0.3) is 0 Å². The topological polar surface area (TPSA) is 21.3 Å². The van der Waals surface area contributed by atoms with E-state index in [2.05, 4.69) is 10.3 Å². The van der Waals surface area contributed by atoms with E-state index in [0.29, 0.717) is 0 Å². The molecule has 0 saturated heterocycles. The van der Waals surface area contributed by atoms with Crippen molar-refractivity contribution < 1.29 is 22.4 Å². The van der Waals surface area contributed by atoms with Crippen LogP contribution in [-0.2, 0) is 4.84 Å². The molecular weight excluding hydrogens is 297 g/mol. The molecule has 0 amide bonds. The predicted molar refractivity (Wildman–Crippen MR) is 60.0 cm³/mol. The number of halogens is 6. The Hall–Kier alpha value is -0.560. The Morgan fingerprint density at radius 2 is 1.94 bits per heavy atom. The van der Waals surface area contributed by atoms with E-state index in [1.165, 1.54) is 13.0 Å². The molecule has 0 aliphatic heterocycles. The number of alkyl halides is 3. The monoisotopic (exact) mass is 305 g/mol. The van der Waals surface area contributed by atoms with Crippen molar-refractivity contribution in [1.82, 2.24) is 5.48 Å². The molecule has 0 spiro atoms. The third kappa shape index (κ3) is 4.28. The van der Waals surface area contributed by atoms with E-state index in [1.807, 2.05) is 0 Å². The molecule has 0 heterocycles. The first-order chi connectivity index (χ1) is 8.22. The minimum atomic E-state index is -4.46. The van der Waals surface area contributed by atoms with Gasteiger partial charge in [0.05, 0.1) is 11.1 Å². The number of hydrogen-bond donors (Lipinski definition) is 1. The summed E-state index contributed by atoms with van der Waals surface area (Å²) >= 11 is 11.5. The van der Waals surface area contributed by atoms with Crippen LogP contribution < -0.4 is 5.48 Å². The highest BCUT2D eigenvalue weighted by Gasteiger charge is 2.28. The fourth-order valence-electron chi connectivity index (χ4n) is 1.25. The Labute approximate surface area is 111 Å². The normalized spacial score (nSPS) is 13.7. The molecule has 0 bridgehead atoms. The number of benzene rings is 1. The summed E-state index contributed by atoms with van der Waals surface area (Å²) in [5.74, 6) is -0.708. The van der Waals surface area contributed by atoms with Crippen molar-refractivity contribution in [3.8, 4) is 0 Å². The third-order valence-electron chi connectivity index (χ3n) is 2.01. The summed E-state index contributed by atoms with van der Waals surface area (Å²) in [6.45, 7) is -0.0230. The minimum absolute atomic E-state index is 0.136. The average Bonchev–Trinajstić information content (AvgIpc) is 2.22. The van der Waals surface area contributed by atoms with Gasteiger partial charge in [0.25, 0.3) is 0 Å². The van der Waals surface area contributed by atoms with E-state index in [1.54, 1.807) is 0 Å². The van der Waals surface area contributed by atoms with Crippen molar-refractivity contribution in [3.63, 3.8) is 0 Å². The molecule has 1 N–H and O–H groups in total. The fourth-order valence-corrected chi connectivity index (χ4v) is 1.95. The molecule has 1 unspecified atom stereocenters. The summed E-state index contributed by atoms with van der Waals surface area (Å²) in [6, 6.07) is 1.54. The van der Waals surface area contributed by atoms with Gasteiger partial charge >= 0.3 is 6.18 Å². The summed E-state index contributed by atoms with van der Waals surface area (Å²) in [5, 5.41) is -0.116. The maximum atomic E-state index is 13.2. The predicted octanol–water partition coefficient (Wildman–Crippen LogP) is 4.28. The lowest BCUT2D eigenvalue weighted by molar-refractivity contribution is -0.192. The molecule has 1 rings (SSSR count). The van der Waals surface area contributed by atoms with Gasteiger partial charge in [-0.3, -0.25) is 4.84 Å². The maximum absolute atomic E-state index is 13.2. The van der Waals surface area contributed by atoms with Gasteiger partial charge in [0.2, 0.25) is 0 Å². The van der Waals surface area contributed by atoms with Crippen molar-refractivity contribution in [2.75, 3.05) is 6.61 Å². The molecule has 1 aromatic carbocycles. The van der Waals surface area contributed by atoms with Crippen LogP contribution in [0.3, 0.4) is 0 Å². The van der Waals surface area contributed by atoms with Gasteiger partial charge in [-0.15, -0.1) is 0 Å². The number of nitrogens with one attached hydrogen (secondary N) is 1. The first kappa shape index (κ1) is 15.5. The molecule has 0 saturated carbocycles. The number of rotatable bonds is 4. The highest BCUT2D eigenvalue weighted by Crippen LogP contribution is 2.32. The highest BCUT2D eigenvalue weighted by atomic mass is 35.5. The molecule has 102 valence electrons. The molecule has 1 atom stereocenters. The minimum Gasteiger partial charge on any atom is -0.292 e. The molecule has 0 aliphatic carbocycles. The zero-order valence-electron chi connectivity index (χ0n) is 9.12. The Bertz CT molecular complexity index is 425. The summed E-state index contributed by atoms with van der Waals surface area (Å²) in [6.07, 6.45) is -4.46. The smallest absolute Gasteiger partial charge is 0.292 e. The second-order valence-electron chi connectivity index (χ2n) is 3.50. The van der Waals surface area contributed by atoms with Crippen LogP contribution >= 0.6 is 23.2 Å². The maximum Gasteiger partial charge on any atom is 0.413 e. The summed E-state index contributed by atoms with van der Waals surface area (Å²) < 4.78 is 48.8. The second-order valence-corrected chi connectivity index (χ2v) is 4.29. The van der Waals surface area contributed by atoms with Gasteiger partial charge in [-0.05, 0) is 19.1 Å². The Balaban J connectivity index is 2.73. The van der Waals surface area contributed by atoms with Gasteiger partial charge in [-0.2, -0.15) is 18.7 Å². The summed E-state index contributed by atoms with van der Waals surface area (Å²) in [7, 11) is 0. The third-order valence-corrected chi connectivity index (χ3v) is 2.72. The van der Waals surface area contributed by atoms with E-state index >= 15 is 0 Å². The van der Waals surface area contributed by atoms with Gasteiger partial charge in [0.15, 0.2) is 6.61 Å². The lowest BCUT2D eigenvalue weighted by atomic mass is 10.1. The van der Waals surface area contributed by atoms with Gasteiger partial charge in [-0.25, -0.2) is 4.39 Å². The highest BCUT2D eigenvalue weighted by molar-refractivity contribution is 6.36. The Morgan fingerprint density at radius 3 is 2.50 bits per heavy atom. The van der Waals surface area contributed by atoms with Crippen LogP contribution in [0, 0.1) is 5.82 Å². The van der Waals surface area contributed by atoms with Gasteiger partial charge in [0.1, 0.15) is 5.82 Å². The van der Waals surface area contributed by atoms with E-state index in [9.17, 15) is 17.6 Å². The SMILES string of the molecule is CC(NOCC(F)(F)F)c1c(Cl)ccc(F)c1Cl. The first-order valence-corrected chi connectivity index (χ1v) is 5.55. The molecule has 1 aromatic rings. The largest absolute Gasteiger partial charge is 0.413 e. The molecule has 18 heavy (non-hydrogen) atoms. The lowest BCUT2D eigenvalue weighted by Gasteiger charge is -2.17. The molecular formula is C10H9Cl2F4NO. The zero-order chi connectivity index (χ0) is 13.9. The molecule has 0 fully saturated rings. The van der Waals surface area contributed by atoms with E-state index in [-0.39, 0.29) is 15.6 Å². The standard InChI is InChI=1S/C10H9Cl2F4NO/c1-5(17-18-4-10(14,15)16)8-6(11)2-3-7(13)9(8)12/h2-3,5,17H,4H2,1H3. The molecule has 0 radical (unpaired) electrons. The van der Waals surface area contributed by atoms with Crippen LogP contribution in [0.4, 0.5) is 17.6 Å². The van der Waals surface area contributed by atoms with Crippen molar-refractivity contribution in [2.24, 2.45) is 0 Å². The molecule has 0 aliphatic rings. The van der Waals surface area contributed by atoms with Crippen LogP contribution in [0.15, 0.2) is 12.1 Å². The van der Waals surface area contributed by atoms with Crippen molar-refractivity contribution >= 4 is 23.2 Å². The van der Waals surface area contributed by atoms with Crippen LogP contribution in [0.5, 0.6) is 0 Å². The van der Waals surface area contributed by atoms with Crippen molar-refractivity contribution in [3.05, 3.63) is 33.6 Å². The van der Waals surface area contributed by atoms with Crippen molar-refractivity contribution in [1.29, 1.82) is 0 Å². The Morgan fingerprint density at radius 1 is 1.33 bits per heavy atom. The number of hydroxylamine groups is 1. The van der Waals surface area contributed by atoms with E-state index < -0.39 is 24.6 Å². The molecule has 8 heteroatoms. The van der Waals surface area contributed by atoms with Gasteiger partial charge in [0, 0.05) is 10.6 Å². The van der Waals surface area contributed by atoms with E-state index in [4.69, 9.17) is 23.2 Å². The van der Waals surface area contributed by atoms with Gasteiger partial charge in [-0.1, -0.05) is 23.2 Å². The molecule has 0 aromatic heterocycles. The second kappa shape index (κ2) is 6.06. The van der Waals surface area contributed by atoms with Gasteiger partial charge < -0.3 is 0 Å². The summed E-state index contributed by atoms with van der Waals surface area (Å²) in [4.78, 5) is 4.25. The number of hydrogen-bond acceptors (Lipinski definition) is 2. The molecule has 2 nitrogen and oxygen atoms in total. The Kier molecular flexibility index (Phi) is 5.21. The summed E-state index contributed by atoms with van der Waals surface area (Å²) in [5.41, 5.74) is 2.25.